The molecule has 1 unspecified atom stereocenters. The fourth-order valence-electron chi connectivity index (χ4n) is 1.94. The lowest BCUT2D eigenvalue weighted by Crippen LogP contribution is -2.35. The number of hydrogen-bond acceptors (Lipinski definition) is 3. The lowest BCUT2D eigenvalue weighted by Gasteiger charge is -2.24. The molecule has 0 radical (unpaired) electrons. The Morgan fingerprint density at radius 3 is 2.45 bits per heavy atom. The number of nitrogens with zero attached hydrogens (tertiary/aromatic N) is 1. The van der Waals surface area contributed by atoms with Gasteiger partial charge in [0.05, 0.1) is 0 Å². The molecule has 0 saturated heterocycles. The highest BCUT2D eigenvalue weighted by Crippen LogP contribution is 2.13. The molecule has 0 aliphatic carbocycles. The van der Waals surface area contributed by atoms with Crippen molar-refractivity contribution < 1.29 is 13.9 Å². The highest BCUT2D eigenvalue weighted by Gasteiger charge is 2.19. The first-order chi connectivity index (χ1) is 10.2. The molecular weight excluding hydrogens is 283 g/mol. The van der Waals surface area contributed by atoms with Gasteiger partial charge in [-0.25, -0.2) is 9.18 Å². The van der Waals surface area contributed by atoms with Gasteiger partial charge in [-0.05, 0) is 58.4 Å². The standard InChI is InChI=1S/C17H27FN2O2/c1-13(14-7-9-15(18)10-8-14)19-11-6-12-20(5)16(21)22-17(2,3)4/h7-10,13,19H,6,11-12H2,1-5H3. The summed E-state index contributed by atoms with van der Waals surface area (Å²) in [7, 11) is 1.73. The maximum atomic E-state index is 12.9. The van der Waals surface area contributed by atoms with Crippen molar-refractivity contribution in [3.8, 4) is 0 Å². The first-order valence-corrected chi connectivity index (χ1v) is 7.62. The largest absolute Gasteiger partial charge is 0.444 e. The third kappa shape index (κ3) is 6.89. The minimum absolute atomic E-state index is 0.146. The summed E-state index contributed by atoms with van der Waals surface area (Å²) < 4.78 is 18.2. The lowest BCUT2D eigenvalue weighted by atomic mass is 10.1. The molecule has 22 heavy (non-hydrogen) atoms. The molecule has 0 saturated carbocycles. The van der Waals surface area contributed by atoms with Gasteiger partial charge in [0, 0.05) is 19.6 Å². The van der Waals surface area contributed by atoms with Gasteiger partial charge in [-0.1, -0.05) is 12.1 Å². The molecule has 0 heterocycles. The molecule has 0 fully saturated rings. The van der Waals surface area contributed by atoms with Crippen LogP contribution in [-0.2, 0) is 4.74 Å². The predicted molar refractivity (Wildman–Crippen MR) is 86.3 cm³/mol. The Balaban J connectivity index is 2.27. The number of hydrogen-bond donors (Lipinski definition) is 1. The number of benzene rings is 1. The molecule has 1 rings (SSSR count). The Hall–Kier alpha value is -1.62. The van der Waals surface area contributed by atoms with E-state index in [9.17, 15) is 9.18 Å². The fraction of sp³-hybridized carbons (Fsp3) is 0.588. The van der Waals surface area contributed by atoms with Crippen LogP contribution in [0, 0.1) is 5.82 Å². The van der Waals surface area contributed by atoms with Crippen LogP contribution in [0.3, 0.4) is 0 Å². The van der Waals surface area contributed by atoms with E-state index in [2.05, 4.69) is 5.32 Å². The number of carbonyl (C=O) groups excluding carboxylic acids is 1. The quantitative estimate of drug-likeness (QED) is 0.814. The van der Waals surface area contributed by atoms with Crippen LogP contribution in [0.1, 0.15) is 45.7 Å². The maximum Gasteiger partial charge on any atom is 0.410 e. The first kappa shape index (κ1) is 18.4. The molecule has 0 bridgehead atoms. The van der Waals surface area contributed by atoms with Crippen LogP contribution in [0.15, 0.2) is 24.3 Å². The summed E-state index contributed by atoms with van der Waals surface area (Å²) in [5.41, 5.74) is 0.572. The van der Waals surface area contributed by atoms with Crippen molar-refractivity contribution in [3.63, 3.8) is 0 Å². The monoisotopic (exact) mass is 310 g/mol. The van der Waals surface area contributed by atoms with Gasteiger partial charge in [0.25, 0.3) is 0 Å². The second-order valence-electron chi connectivity index (χ2n) is 6.48. The molecule has 0 aromatic heterocycles. The van der Waals surface area contributed by atoms with E-state index in [1.807, 2.05) is 27.7 Å². The van der Waals surface area contributed by atoms with Crippen LogP contribution in [0.25, 0.3) is 0 Å². The van der Waals surface area contributed by atoms with E-state index in [4.69, 9.17) is 4.74 Å². The average molecular weight is 310 g/mol. The van der Waals surface area contributed by atoms with E-state index in [1.165, 1.54) is 12.1 Å². The topological polar surface area (TPSA) is 41.6 Å². The van der Waals surface area contributed by atoms with Crippen molar-refractivity contribution in [2.24, 2.45) is 0 Å². The molecule has 0 spiro atoms. The summed E-state index contributed by atoms with van der Waals surface area (Å²) in [5.74, 6) is -0.227. The van der Waals surface area contributed by atoms with E-state index in [-0.39, 0.29) is 18.0 Å². The highest BCUT2D eigenvalue weighted by molar-refractivity contribution is 5.67. The molecule has 1 N–H and O–H groups in total. The molecule has 124 valence electrons. The van der Waals surface area contributed by atoms with E-state index in [0.29, 0.717) is 6.54 Å². The number of ether oxygens (including phenoxy) is 1. The second kappa shape index (κ2) is 8.13. The molecule has 1 aromatic carbocycles. The third-order valence-electron chi connectivity index (χ3n) is 3.20. The normalized spacial score (nSPS) is 12.8. The van der Waals surface area contributed by atoms with Crippen LogP contribution in [-0.4, -0.2) is 36.7 Å². The van der Waals surface area contributed by atoms with Gasteiger partial charge in [-0.2, -0.15) is 0 Å². The molecule has 1 atom stereocenters. The number of amides is 1. The zero-order valence-electron chi connectivity index (χ0n) is 14.1. The zero-order valence-corrected chi connectivity index (χ0v) is 14.1. The van der Waals surface area contributed by atoms with Crippen LogP contribution in [0.2, 0.25) is 0 Å². The van der Waals surface area contributed by atoms with Crippen molar-refractivity contribution in [1.82, 2.24) is 10.2 Å². The van der Waals surface area contributed by atoms with Crippen LogP contribution in [0.5, 0.6) is 0 Å². The average Bonchev–Trinajstić information content (AvgIpc) is 2.42. The lowest BCUT2D eigenvalue weighted by molar-refractivity contribution is 0.0297. The van der Waals surface area contributed by atoms with Crippen molar-refractivity contribution >= 4 is 6.09 Å². The number of halogens is 1. The third-order valence-corrected chi connectivity index (χ3v) is 3.20. The minimum Gasteiger partial charge on any atom is -0.444 e. The van der Waals surface area contributed by atoms with Crippen LogP contribution < -0.4 is 5.32 Å². The SMILES string of the molecule is CC(NCCCN(C)C(=O)OC(C)(C)C)c1ccc(F)cc1. The number of nitrogens with one attached hydrogen (secondary N) is 1. The van der Waals surface area contributed by atoms with E-state index in [1.54, 1.807) is 24.1 Å². The van der Waals surface area contributed by atoms with Gasteiger partial charge in [-0.3, -0.25) is 0 Å². The Labute approximate surface area is 132 Å². The summed E-state index contributed by atoms with van der Waals surface area (Å²) in [6.07, 6.45) is 0.514. The summed E-state index contributed by atoms with van der Waals surface area (Å²) in [4.78, 5) is 13.4. The van der Waals surface area contributed by atoms with Crippen molar-refractivity contribution in [3.05, 3.63) is 35.6 Å². The summed E-state index contributed by atoms with van der Waals surface area (Å²) in [5, 5.41) is 3.36. The number of rotatable bonds is 6. The smallest absolute Gasteiger partial charge is 0.410 e. The minimum atomic E-state index is -0.472. The Morgan fingerprint density at radius 1 is 1.32 bits per heavy atom. The van der Waals surface area contributed by atoms with Crippen molar-refractivity contribution in [2.45, 2.75) is 45.8 Å². The molecule has 4 nitrogen and oxygen atoms in total. The van der Waals surface area contributed by atoms with Crippen LogP contribution >= 0.6 is 0 Å². The Morgan fingerprint density at radius 2 is 1.91 bits per heavy atom. The van der Waals surface area contributed by atoms with Crippen molar-refractivity contribution in [2.75, 3.05) is 20.1 Å². The van der Waals surface area contributed by atoms with E-state index >= 15 is 0 Å². The van der Waals surface area contributed by atoms with Gasteiger partial charge in [0.1, 0.15) is 11.4 Å². The molecule has 0 aliphatic rings. The summed E-state index contributed by atoms with van der Waals surface area (Å²) in [6, 6.07) is 6.63. The van der Waals surface area contributed by atoms with Gasteiger partial charge >= 0.3 is 6.09 Å². The fourth-order valence-corrected chi connectivity index (χ4v) is 1.94. The highest BCUT2D eigenvalue weighted by atomic mass is 19.1. The Bertz CT molecular complexity index is 469. The van der Waals surface area contributed by atoms with Gasteiger partial charge < -0.3 is 15.0 Å². The molecule has 5 heteroatoms. The predicted octanol–water partition coefficient (Wildman–Crippen LogP) is 3.73. The molecule has 0 aliphatic heterocycles. The second-order valence-corrected chi connectivity index (χ2v) is 6.48. The molecule has 1 amide bonds. The van der Waals surface area contributed by atoms with E-state index in [0.717, 1.165) is 18.5 Å². The molecule has 1 aromatic rings. The first-order valence-electron chi connectivity index (χ1n) is 7.62. The molecular formula is C17H27FN2O2. The van der Waals surface area contributed by atoms with Crippen molar-refractivity contribution in [1.29, 1.82) is 0 Å². The number of carbonyl (C=O) groups is 1. The van der Waals surface area contributed by atoms with Gasteiger partial charge in [-0.15, -0.1) is 0 Å². The van der Waals surface area contributed by atoms with Gasteiger partial charge in [0.2, 0.25) is 0 Å². The van der Waals surface area contributed by atoms with Gasteiger partial charge in [0.15, 0.2) is 0 Å². The summed E-state index contributed by atoms with van der Waals surface area (Å²) in [6.45, 7) is 8.98. The van der Waals surface area contributed by atoms with Crippen LogP contribution in [0.4, 0.5) is 9.18 Å². The maximum absolute atomic E-state index is 12.9. The Kier molecular flexibility index (Phi) is 6.81. The zero-order chi connectivity index (χ0) is 16.8. The van der Waals surface area contributed by atoms with E-state index < -0.39 is 5.60 Å². The summed E-state index contributed by atoms with van der Waals surface area (Å²) >= 11 is 0.